The lowest BCUT2D eigenvalue weighted by molar-refractivity contribution is -0.0367. The molecule has 0 aliphatic carbocycles. The highest BCUT2D eigenvalue weighted by molar-refractivity contribution is 6.30. The quantitative estimate of drug-likeness (QED) is 0.426. The molecule has 2 bridgehead atoms. The van der Waals surface area contributed by atoms with Crippen LogP contribution in [-0.4, -0.2) is 117 Å². The van der Waals surface area contributed by atoms with Gasteiger partial charge in [-0.3, -0.25) is 9.80 Å². The van der Waals surface area contributed by atoms with Gasteiger partial charge in [0.05, 0.1) is 23.0 Å². The molecule has 4 saturated heterocycles. The second-order valence-electron chi connectivity index (χ2n) is 14.6. The first-order valence-corrected chi connectivity index (χ1v) is 16.1. The summed E-state index contributed by atoms with van der Waals surface area (Å²) in [6.07, 6.45) is 4.91. The van der Waals surface area contributed by atoms with E-state index in [4.69, 9.17) is 30.8 Å². The average molecular weight is 648 g/mol. The van der Waals surface area contributed by atoms with Gasteiger partial charge in [-0.2, -0.15) is 9.97 Å². The number of ether oxygens (including phenoxy) is 3. The van der Waals surface area contributed by atoms with Gasteiger partial charge >= 0.3 is 18.2 Å². The van der Waals surface area contributed by atoms with Crippen molar-refractivity contribution in [2.75, 3.05) is 50.8 Å². The molecule has 0 radical (unpaired) electrons. The van der Waals surface area contributed by atoms with Crippen molar-refractivity contribution < 1.29 is 28.2 Å². The van der Waals surface area contributed by atoms with Crippen LogP contribution in [0.2, 0.25) is 5.15 Å². The second kappa shape index (κ2) is 11.6. The molecule has 6 heterocycles. The van der Waals surface area contributed by atoms with Gasteiger partial charge in [0.2, 0.25) is 0 Å². The van der Waals surface area contributed by atoms with Gasteiger partial charge in [-0.05, 0) is 80.3 Å². The Morgan fingerprint density at radius 3 is 2.16 bits per heavy atom. The third kappa shape index (κ3) is 6.43. The second-order valence-corrected chi connectivity index (χ2v) is 15.0. The van der Waals surface area contributed by atoms with Crippen molar-refractivity contribution in [1.29, 1.82) is 0 Å². The summed E-state index contributed by atoms with van der Waals surface area (Å²) in [7, 11) is 0. The molecule has 246 valence electrons. The molecule has 2 amide bonds. The van der Waals surface area contributed by atoms with Crippen LogP contribution in [-0.2, 0) is 9.47 Å². The van der Waals surface area contributed by atoms with E-state index in [2.05, 4.69) is 14.9 Å². The van der Waals surface area contributed by atoms with Gasteiger partial charge in [0.25, 0.3) is 0 Å². The van der Waals surface area contributed by atoms with Gasteiger partial charge in [-0.1, -0.05) is 11.6 Å². The van der Waals surface area contributed by atoms with Gasteiger partial charge in [0.15, 0.2) is 11.0 Å². The van der Waals surface area contributed by atoms with Crippen LogP contribution in [0.4, 0.5) is 19.8 Å². The van der Waals surface area contributed by atoms with Gasteiger partial charge < -0.3 is 24.0 Å². The van der Waals surface area contributed by atoms with E-state index in [0.29, 0.717) is 30.9 Å². The number of piperazine rings is 2. The van der Waals surface area contributed by atoms with Crippen molar-refractivity contribution in [3.05, 3.63) is 17.2 Å². The minimum absolute atomic E-state index is 0.0253. The standard InChI is InChI=1S/C31H43ClFN7O5/c1-29(2,3)44-27(41)38-16-19-14-37(15-20(17-38)40(19)28(42)45-30(4,5)6)25-21-13-34-24(32)22(33)23(21)35-26(36-25)43-18-31-9-7-11-39(31)12-8-10-31/h13,19-20H,7-12,14-18H2,1-6H3. The van der Waals surface area contributed by atoms with Crippen molar-refractivity contribution in [1.82, 2.24) is 29.7 Å². The number of halogens is 2. The fourth-order valence-corrected chi connectivity index (χ4v) is 7.30. The first-order valence-electron chi connectivity index (χ1n) is 15.8. The number of nitrogens with zero attached hydrogens (tertiary/aromatic N) is 7. The van der Waals surface area contributed by atoms with E-state index in [1.165, 1.54) is 6.20 Å². The molecule has 4 aliphatic heterocycles. The minimum Gasteiger partial charge on any atom is -0.461 e. The van der Waals surface area contributed by atoms with Crippen molar-refractivity contribution in [3.8, 4) is 6.01 Å². The van der Waals surface area contributed by atoms with Gasteiger partial charge in [0.1, 0.15) is 29.1 Å². The Balaban J connectivity index is 1.32. The molecule has 0 spiro atoms. The number of rotatable bonds is 4. The Hall–Kier alpha value is -3.19. The van der Waals surface area contributed by atoms with E-state index in [1.807, 2.05) is 46.4 Å². The number of fused-ring (bicyclic) bond motifs is 4. The zero-order valence-electron chi connectivity index (χ0n) is 26.9. The Bertz CT molecular complexity index is 1450. The van der Waals surface area contributed by atoms with Crippen molar-refractivity contribution in [2.45, 2.75) is 96.1 Å². The number of anilines is 1. The fourth-order valence-electron chi connectivity index (χ4n) is 7.16. The third-order valence-corrected chi connectivity index (χ3v) is 9.21. The SMILES string of the molecule is CC(C)(C)OC(=O)N1CC2CN(c3nc(OCC45CCCN4CCC5)nc4c(F)c(Cl)ncc34)CC(C1)N2C(=O)OC(C)(C)C. The van der Waals surface area contributed by atoms with E-state index in [1.54, 1.807) is 9.80 Å². The summed E-state index contributed by atoms with van der Waals surface area (Å²) < 4.78 is 33.1. The van der Waals surface area contributed by atoms with E-state index in [9.17, 15) is 9.59 Å². The van der Waals surface area contributed by atoms with Gasteiger partial charge in [-0.15, -0.1) is 0 Å². The molecule has 0 aromatic carbocycles. The molecule has 12 nitrogen and oxygen atoms in total. The van der Waals surface area contributed by atoms with Crippen LogP contribution in [0.15, 0.2) is 6.20 Å². The number of hydrogen-bond donors (Lipinski definition) is 0. The van der Waals surface area contributed by atoms with Crippen LogP contribution in [0.25, 0.3) is 10.9 Å². The maximum absolute atomic E-state index is 15.4. The zero-order valence-corrected chi connectivity index (χ0v) is 27.7. The van der Waals surface area contributed by atoms with Gasteiger partial charge in [-0.25, -0.2) is 19.0 Å². The highest BCUT2D eigenvalue weighted by Crippen LogP contribution is 2.40. The Kier molecular flexibility index (Phi) is 8.16. The number of aromatic nitrogens is 3. The molecule has 2 atom stereocenters. The van der Waals surface area contributed by atoms with Crippen molar-refractivity contribution in [3.63, 3.8) is 0 Å². The van der Waals surface area contributed by atoms with E-state index >= 15 is 4.39 Å². The Morgan fingerprint density at radius 1 is 0.956 bits per heavy atom. The highest BCUT2D eigenvalue weighted by atomic mass is 35.5. The molecule has 14 heteroatoms. The predicted molar refractivity (Wildman–Crippen MR) is 166 cm³/mol. The lowest BCUT2D eigenvalue weighted by Crippen LogP contribution is -2.71. The highest BCUT2D eigenvalue weighted by Gasteiger charge is 2.48. The molecule has 0 saturated carbocycles. The van der Waals surface area contributed by atoms with E-state index in [0.717, 1.165) is 38.8 Å². The molecule has 4 aliphatic rings. The molecular weight excluding hydrogens is 605 g/mol. The Morgan fingerprint density at radius 2 is 1.56 bits per heavy atom. The van der Waals surface area contributed by atoms with Crippen LogP contribution in [0.5, 0.6) is 6.01 Å². The van der Waals surface area contributed by atoms with Crippen LogP contribution in [0, 0.1) is 5.82 Å². The van der Waals surface area contributed by atoms with Crippen LogP contribution < -0.4 is 9.64 Å². The fraction of sp³-hybridized carbons (Fsp3) is 0.710. The minimum atomic E-state index is -0.743. The maximum Gasteiger partial charge on any atom is 0.411 e. The number of carbonyl (C=O) groups excluding carboxylic acids is 2. The lowest BCUT2D eigenvalue weighted by Gasteiger charge is -2.52. The smallest absolute Gasteiger partial charge is 0.411 e. The molecule has 2 aromatic rings. The number of carbonyl (C=O) groups is 2. The number of amides is 2. The molecule has 2 aromatic heterocycles. The largest absolute Gasteiger partial charge is 0.461 e. The summed E-state index contributed by atoms with van der Waals surface area (Å²) in [6, 6.07) is -0.838. The molecule has 45 heavy (non-hydrogen) atoms. The summed E-state index contributed by atoms with van der Waals surface area (Å²) in [5, 5.41) is 0.104. The molecule has 6 rings (SSSR count). The van der Waals surface area contributed by atoms with Crippen molar-refractivity contribution in [2.24, 2.45) is 0 Å². The molecule has 2 unspecified atom stereocenters. The summed E-state index contributed by atoms with van der Waals surface area (Å²) in [4.78, 5) is 47.7. The predicted octanol–water partition coefficient (Wildman–Crippen LogP) is 4.87. The maximum atomic E-state index is 15.4. The normalized spacial score (nSPS) is 23.3. The first-order chi connectivity index (χ1) is 21.1. The third-order valence-electron chi connectivity index (χ3n) is 8.95. The topological polar surface area (TPSA) is 113 Å². The van der Waals surface area contributed by atoms with Crippen LogP contribution >= 0.6 is 11.6 Å². The van der Waals surface area contributed by atoms with E-state index < -0.39 is 41.3 Å². The van der Waals surface area contributed by atoms with Crippen LogP contribution in [0.1, 0.15) is 67.2 Å². The monoisotopic (exact) mass is 647 g/mol. The Labute approximate surface area is 268 Å². The van der Waals surface area contributed by atoms with Gasteiger partial charge in [0, 0.05) is 32.4 Å². The zero-order chi connectivity index (χ0) is 32.3. The molecule has 4 fully saturated rings. The lowest BCUT2D eigenvalue weighted by atomic mass is 9.95. The molecule has 0 N–H and O–H groups in total. The van der Waals surface area contributed by atoms with Crippen LogP contribution in [0.3, 0.4) is 0 Å². The average Bonchev–Trinajstić information content (AvgIpc) is 3.51. The summed E-state index contributed by atoms with van der Waals surface area (Å²) in [5.74, 6) is -0.303. The number of hydrogen-bond acceptors (Lipinski definition) is 10. The summed E-state index contributed by atoms with van der Waals surface area (Å²) in [6.45, 7) is 14.5. The van der Waals surface area contributed by atoms with E-state index in [-0.39, 0.29) is 35.3 Å². The number of pyridine rings is 1. The summed E-state index contributed by atoms with van der Waals surface area (Å²) in [5.41, 5.74) is -1.38. The van der Waals surface area contributed by atoms with Crippen molar-refractivity contribution >= 4 is 40.5 Å². The first kappa shape index (κ1) is 31.8. The molecular formula is C31H43ClFN7O5. The summed E-state index contributed by atoms with van der Waals surface area (Å²) >= 11 is 6.09.